The number of carbonyl (C=O) groups is 2. The Morgan fingerprint density at radius 1 is 1.07 bits per heavy atom. The fourth-order valence-corrected chi connectivity index (χ4v) is 5.18. The van der Waals surface area contributed by atoms with Gasteiger partial charge in [-0.2, -0.15) is 11.8 Å². The minimum atomic E-state index is -0.463. The number of carbonyl (C=O) groups excluding carboxylic acids is 2. The van der Waals surface area contributed by atoms with Crippen LogP contribution in [0.25, 0.3) is 0 Å². The molecule has 0 radical (unpaired) electrons. The lowest BCUT2D eigenvalue weighted by Gasteiger charge is -2.27. The molecule has 2 fully saturated rings. The first-order chi connectivity index (χ1) is 14.2. The quantitative estimate of drug-likeness (QED) is 0.605. The summed E-state index contributed by atoms with van der Waals surface area (Å²) in [6, 6.07) is 7.20. The molecule has 0 aliphatic heterocycles. The Morgan fingerprint density at radius 2 is 1.79 bits per heavy atom. The van der Waals surface area contributed by atoms with Crippen molar-refractivity contribution in [2.24, 2.45) is 11.8 Å². The van der Waals surface area contributed by atoms with Gasteiger partial charge >= 0.3 is 0 Å². The van der Waals surface area contributed by atoms with Gasteiger partial charge in [0.15, 0.2) is 0 Å². The smallest absolute Gasteiger partial charge is 0.243 e. The predicted molar refractivity (Wildman–Crippen MR) is 118 cm³/mol. The summed E-state index contributed by atoms with van der Waals surface area (Å²) >= 11 is 1.81. The molecule has 0 saturated heterocycles. The molecule has 5 nitrogen and oxygen atoms in total. The van der Waals surface area contributed by atoms with Gasteiger partial charge in [0, 0.05) is 18.2 Å². The van der Waals surface area contributed by atoms with Crippen LogP contribution < -0.4 is 15.4 Å². The van der Waals surface area contributed by atoms with Gasteiger partial charge in [0.25, 0.3) is 0 Å². The van der Waals surface area contributed by atoms with E-state index in [1.54, 1.807) is 7.11 Å². The lowest BCUT2D eigenvalue weighted by Crippen LogP contribution is -2.50. The zero-order valence-electron chi connectivity index (χ0n) is 17.5. The summed E-state index contributed by atoms with van der Waals surface area (Å²) in [5.41, 5.74) is 1.01. The van der Waals surface area contributed by atoms with Gasteiger partial charge in [0.05, 0.1) is 7.11 Å². The number of hydrogen-bond acceptors (Lipinski definition) is 4. The number of hydrogen-bond donors (Lipinski definition) is 2. The Labute approximate surface area is 178 Å². The van der Waals surface area contributed by atoms with Gasteiger partial charge < -0.3 is 15.4 Å². The molecular formula is C23H34N2O3S. The Hall–Kier alpha value is -1.69. The number of ether oxygens (including phenoxy) is 1. The first kappa shape index (κ1) is 22.0. The maximum atomic E-state index is 12.8. The van der Waals surface area contributed by atoms with Crippen LogP contribution in [0.3, 0.4) is 0 Å². The first-order valence-electron chi connectivity index (χ1n) is 10.9. The summed E-state index contributed by atoms with van der Waals surface area (Å²) in [4.78, 5) is 25.3. The summed E-state index contributed by atoms with van der Waals surface area (Å²) < 4.78 is 5.17. The van der Waals surface area contributed by atoms with E-state index >= 15 is 0 Å². The number of methoxy groups -OCH3 is 1. The fourth-order valence-electron chi connectivity index (χ4n) is 3.91. The van der Waals surface area contributed by atoms with Crippen LogP contribution in [0.2, 0.25) is 0 Å². The van der Waals surface area contributed by atoms with Crippen LogP contribution in [-0.4, -0.2) is 36.5 Å². The van der Waals surface area contributed by atoms with Crippen LogP contribution in [0.15, 0.2) is 24.3 Å². The van der Waals surface area contributed by atoms with E-state index in [4.69, 9.17) is 4.74 Å². The van der Waals surface area contributed by atoms with Crippen molar-refractivity contribution in [2.45, 2.75) is 64.0 Å². The second kappa shape index (κ2) is 11.5. The highest BCUT2D eigenvalue weighted by Gasteiger charge is 2.29. The molecule has 0 spiro atoms. The monoisotopic (exact) mass is 418 g/mol. The van der Waals surface area contributed by atoms with E-state index in [0.29, 0.717) is 12.3 Å². The lowest BCUT2D eigenvalue weighted by molar-refractivity contribution is -0.132. The fraction of sp³-hybridized carbons (Fsp3) is 0.652. The predicted octanol–water partition coefficient (Wildman–Crippen LogP) is 3.91. The highest BCUT2D eigenvalue weighted by atomic mass is 32.2. The van der Waals surface area contributed by atoms with E-state index in [0.717, 1.165) is 42.2 Å². The van der Waals surface area contributed by atoms with Crippen molar-refractivity contribution in [3.63, 3.8) is 0 Å². The summed E-state index contributed by atoms with van der Waals surface area (Å²) in [6.07, 6.45) is 9.62. The molecule has 2 amide bonds. The van der Waals surface area contributed by atoms with Crippen LogP contribution in [-0.2, 0) is 16.1 Å². The number of thioether (sulfide) groups is 1. The SMILES string of the molecule is COc1ccc(CNC(=O)[C@H](CSCC2CCCCC2)NC(=O)C2CCC2)cc1. The molecule has 2 saturated carbocycles. The van der Waals surface area contributed by atoms with Crippen LogP contribution in [0.4, 0.5) is 0 Å². The van der Waals surface area contributed by atoms with Gasteiger partial charge in [0.1, 0.15) is 11.8 Å². The van der Waals surface area contributed by atoms with E-state index in [2.05, 4.69) is 10.6 Å². The van der Waals surface area contributed by atoms with Gasteiger partial charge in [-0.15, -0.1) is 0 Å². The van der Waals surface area contributed by atoms with Crippen molar-refractivity contribution in [2.75, 3.05) is 18.6 Å². The highest BCUT2D eigenvalue weighted by molar-refractivity contribution is 7.99. The standard InChI is InChI=1S/C23H34N2O3S/c1-28-20-12-10-17(11-13-20)14-24-23(27)21(25-22(26)19-8-5-9-19)16-29-15-18-6-3-2-4-7-18/h10-13,18-19,21H,2-9,14-16H2,1H3,(H,24,27)(H,25,26)/t21-/m0/s1. The van der Waals surface area contributed by atoms with E-state index in [-0.39, 0.29) is 17.7 Å². The number of benzene rings is 1. The average Bonchev–Trinajstić information content (AvgIpc) is 2.71. The third-order valence-electron chi connectivity index (χ3n) is 6.10. The van der Waals surface area contributed by atoms with E-state index < -0.39 is 6.04 Å². The van der Waals surface area contributed by atoms with Crippen molar-refractivity contribution >= 4 is 23.6 Å². The molecule has 2 N–H and O–H groups in total. The molecule has 0 aromatic heterocycles. The number of rotatable bonds is 10. The van der Waals surface area contributed by atoms with Crippen molar-refractivity contribution in [3.8, 4) is 5.75 Å². The third kappa shape index (κ3) is 6.95. The molecule has 1 aromatic carbocycles. The Kier molecular flexibility index (Phi) is 8.71. The molecular weight excluding hydrogens is 384 g/mol. The Balaban J connectivity index is 1.50. The summed E-state index contributed by atoms with van der Waals surface area (Å²) in [5.74, 6) is 3.33. The molecule has 0 heterocycles. The Morgan fingerprint density at radius 3 is 2.41 bits per heavy atom. The molecule has 0 bridgehead atoms. The molecule has 1 aromatic rings. The van der Waals surface area contributed by atoms with E-state index in [9.17, 15) is 9.59 Å². The lowest BCUT2D eigenvalue weighted by atomic mass is 9.84. The second-order valence-corrected chi connectivity index (χ2v) is 9.37. The van der Waals surface area contributed by atoms with E-state index in [1.165, 1.54) is 32.1 Å². The van der Waals surface area contributed by atoms with Gasteiger partial charge in [-0.3, -0.25) is 9.59 Å². The zero-order chi connectivity index (χ0) is 20.5. The second-order valence-electron chi connectivity index (χ2n) is 8.30. The molecule has 2 aliphatic carbocycles. The molecule has 160 valence electrons. The van der Waals surface area contributed by atoms with Crippen molar-refractivity contribution in [3.05, 3.63) is 29.8 Å². The minimum absolute atomic E-state index is 0.0408. The maximum Gasteiger partial charge on any atom is 0.243 e. The first-order valence-corrected chi connectivity index (χ1v) is 12.1. The summed E-state index contributed by atoms with van der Waals surface area (Å²) in [6.45, 7) is 0.450. The van der Waals surface area contributed by atoms with Crippen molar-refractivity contribution in [1.29, 1.82) is 0 Å². The van der Waals surface area contributed by atoms with Gasteiger partial charge in [-0.05, 0) is 55.1 Å². The van der Waals surface area contributed by atoms with Crippen LogP contribution in [0, 0.1) is 11.8 Å². The normalized spacial score (nSPS) is 18.5. The zero-order valence-corrected chi connectivity index (χ0v) is 18.3. The largest absolute Gasteiger partial charge is 0.497 e. The molecule has 2 aliphatic rings. The molecule has 0 unspecified atom stereocenters. The van der Waals surface area contributed by atoms with Gasteiger partial charge in [0.2, 0.25) is 11.8 Å². The van der Waals surface area contributed by atoms with Crippen molar-refractivity contribution in [1.82, 2.24) is 10.6 Å². The topological polar surface area (TPSA) is 67.4 Å². The van der Waals surface area contributed by atoms with Crippen molar-refractivity contribution < 1.29 is 14.3 Å². The molecule has 6 heteroatoms. The number of amides is 2. The minimum Gasteiger partial charge on any atom is -0.497 e. The van der Waals surface area contributed by atoms with E-state index in [1.807, 2.05) is 36.0 Å². The maximum absolute atomic E-state index is 12.8. The Bertz CT molecular complexity index is 655. The highest BCUT2D eigenvalue weighted by Crippen LogP contribution is 2.28. The molecule has 29 heavy (non-hydrogen) atoms. The summed E-state index contributed by atoms with van der Waals surface area (Å²) in [7, 11) is 1.64. The molecule has 3 rings (SSSR count). The van der Waals surface area contributed by atoms with Crippen LogP contribution >= 0.6 is 11.8 Å². The van der Waals surface area contributed by atoms with Crippen LogP contribution in [0.5, 0.6) is 5.75 Å². The van der Waals surface area contributed by atoms with Gasteiger partial charge in [-0.1, -0.05) is 37.8 Å². The summed E-state index contributed by atoms with van der Waals surface area (Å²) in [5, 5.41) is 6.02. The van der Waals surface area contributed by atoms with Crippen LogP contribution in [0.1, 0.15) is 56.9 Å². The number of nitrogens with one attached hydrogen (secondary N) is 2. The molecule has 1 atom stereocenters. The average molecular weight is 419 g/mol. The van der Waals surface area contributed by atoms with Gasteiger partial charge in [-0.25, -0.2) is 0 Å². The third-order valence-corrected chi connectivity index (χ3v) is 7.37.